The first-order valence-corrected chi connectivity index (χ1v) is 6.88. The molecule has 0 fully saturated rings. The third kappa shape index (κ3) is 3.06. The molecule has 0 saturated carbocycles. The van der Waals surface area contributed by atoms with Gasteiger partial charge in [0, 0.05) is 5.02 Å². The molecule has 8 heteroatoms. The van der Waals surface area contributed by atoms with E-state index in [2.05, 4.69) is 14.9 Å². The van der Waals surface area contributed by atoms with Crippen molar-refractivity contribution < 1.29 is 12.9 Å². The van der Waals surface area contributed by atoms with Gasteiger partial charge in [0.05, 0.1) is 11.4 Å². The highest BCUT2D eigenvalue weighted by molar-refractivity contribution is 7.89. The number of halogens is 1. The number of sulfonamides is 1. The monoisotopic (exact) mass is 287 g/mol. The number of hydrogen-bond donors (Lipinski definition) is 1. The Balaban J connectivity index is 2.13. The Kier molecular flexibility index (Phi) is 3.65. The Morgan fingerprint density at radius 3 is 2.83 bits per heavy atom. The average Bonchev–Trinajstić information content (AvgIpc) is 2.73. The summed E-state index contributed by atoms with van der Waals surface area (Å²) >= 11 is 5.74. The zero-order valence-electron chi connectivity index (χ0n) is 9.42. The molecule has 1 N–H and O–H groups in total. The van der Waals surface area contributed by atoms with Crippen LogP contribution in [0.25, 0.3) is 0 Å². The van der Waals surface area contributed by atoms with Gasteiger partial charge in [-0.2, -0.15) is 4.98 Å². The van der Waals surface area contributed by atoms with E-state index in [1.165, 1.54) is 12.1 Å². The third-order valence-electron chi connectivity index (χ3n) is 2.09. The lowest BCUT2D eigenvalue weighted by molar-refractivity contribution is 0.372. The van der Waals surface area contributed by atoms with Gasteiger partial charge in [0.1, 0.15) is 0 Å². The second kappa shape index (κ2) is 5.05. The number of aromatic nitrogens is 2. The lowest BCUT2D eigenvalue weighted by atomic mass is 10.4. The summed E-state index contributed by atoms with van der Waals surface area (Å²) in [5.74, 6) is 0.657. The highest BCUT2D eigenvalue weighted by Gasteiger charge is 2.15. The summed E-state index contributed by atoms with van der Waals surface area (Å²) in [6.45, 7) is 1.59. The first kappa shape index (κ1) is 13.0. The summed E-state index contributed by atoms with van der Waals surface area (Å²) in [6.07, 6.45) is 0. The number of aryl methyl sites for hydroxylation is 1. The van der Waals surface area contributed by atoms with Gasteiger partial charge in [-0.05, 0) is 25.1 Å². The van der Waals surface area contributed by atoms with Crippen molar-refractivity contribution in [3.05, 3.63) is 41.0 Å². The largest absolute Gasteiger partial charge is 0.338 e. The van der Waals surface area contributed by atoms with Crippen LogP contribution in [0, 0.1) is 6.92 Å². The van der Waals surface area contributed by atoms with Crippen molar-refractivity contribution in [1.82, 2.24) is 14.9 Å². The van der Waals surface area contributed by atoms with E-state index in [0.717, 1.165) is 0 Å². The van der Waals surface area contributed by atoms with Crippen molar-refractivity contribution >= 4 is 21.6 Å². The highest BCUT2D eigenvalue weighted by Crippen LogP contribution is 2.15. The van der Waals surface area contributed by atoms with E-state index in [9.17, 15) is 8.42 Å². The Morgan fingerprint density at radius 2 is 2.22 bits per heavy atom. The van der Waals surface area contributed by atoms with E-state index in [1.807, 2.05) is 0 Å². The Bertz CT molecular complexity index is 654. The second-order valence-corrected chi connectivity index (χ2v) is 5.72. The lowest BCUT2D eigenvalue weighted by Crippen LogP contribution is -2.23. The van der Waals surface area contributed by atoms with Gasteiger partial charge in [-0.3, -0.25) is 0 Å². The van der Waals surface area contributed by atoms with Crippen LogP contribution in [0.2, 0.25) is 5.02 Å². The van der Waals surface area contributed by atoms with Gasteiger partial charge < -0.3 is 4.52 Å². The van der Waals surface area contributed by atoms with Gasteiger partial charge >= 0.3 is 0 Å². The minimum atomic E-state index is -3.63. The van der Waals surface area contributed by atoms with Crippen molar-refractivity contribution in [2.45, 2.75) is 18.4 Å². The molecule has 18 heavy (non-hydrogen) atoms. The fourth-order valence-corrected chi connectivity index (χ4v) is 2.56. The maximum absolute atomic E-state index is 11.9. The van der Waals surface area contributed by atoms with Crippen molar-refractivity contribution in [2.75, 3.05) is 0 Å². The Hall–Kier alpha value is -1.44. The van der Waals surface area contributed by atoms with Crippen LogP contribution in [-0.4, -0.2) is 18.6 Å². The first-order chi connectivity index (χ1) is 8.47. The molecule has 0 aliphatic heterocycles. The van der Waals surface area contributed by atoms with E-state index < -0.39 is 10.0 Å². The summed E-state index contributed by atoms with van der Waals surface area (Å²) in [5, 5.41) is 3.92. The molecule has 0 amide bonds. The van der Waals surface area contributed by atoms with E-state index in [-0.39, 0.29) is 17.3 Å². The van der Waals surface area contributed by atoms with Gasteiger partial charge in [0.25, 0.3) is 0 Å². The van der Waals surface area contributed by atoms with Crippen molar-refractivity contribution in [1.29, 1.82) is 0 Å². The molecule has 0 spiro atoms. The fourth-order valence-electron chi connectivity index (χ4n) is 1.29. The molecular formula is C10H10ClN3O3S. The van der Waals surface area contributed by atoms with Gasteiger partial charge in [-0.15, -0.1) is 0 Å². The second-order valence-electron chi connectivity index (χ2n) is 3.52. The standard InChI is InChI=1S/C10H10ClN3O3S/c1-7-13-10(17-14-7)6-12-18(15,16)9-4-2-3-8(11)5-9/h2-5,12H,6H2,1H3. The van der Waals surface area contributed by atoms with Crippen molar-refractivity contribution in [3.8, 4) is 0 Å². The molecule has 1 aromatic heterocycles. The van der Waals surface area contributed by atoms with E-state index in [1.54, 1.807) is 19.1 Å². The maximum atomic E-state index is 11.9. The van der Waals surface area contributed by atoms with Crippen LogP contribution in [0.4, 0.5) is 0 Å². The molecule has 0 unspecified atom stereocenters. The number of nitrogens with zero attached hydrogens (tertiary/aromatic N) is 2. The van der Waals surface area contributed by atoms with E-state index in [0.29, 0.717) is 10.8 Å². The van der Waals surface area contributed by atoms with Gasteiger partial charge in [-0.1, -0.05) is 22.8 Å². The molecule has 0 radical (unpaired) electrons. The van der Waals surface area contributed by atoms with Crippen LogP contribution >= 0.6 is 11.6 Å². The highest BCUT2D eigenvalue weighted by atomic mass is 35.5. The summed E-state index contributed by atoms with van der Waals surface area (Å²) in [6, 6.07) is 5.98. The lowest BCUT2D eigenvalue weighted by Gasteiger charge is -2.04. The first-order valence-electron chi connectivity index (χ1n) is 5.02. The predicted molar refractivity (Wildman–Crippen MR) is 64.5 cm³/mol. The van der Waals surface area contributed by atoms with Crippen LogP contribution in [0.5, 0.6) is 0 Å². The quantitative estimate of drug-likeness (QED) is 0.921. The van der Waals surface area contributed by atoms with Gasteiger partial charge in [-0.25, -0.2) is 13.1 Å². The predicted octanol–water partition coefficient (Wildman–Crippen LogP) is 1.51. The van der Waals surface area contributed by atoms with Crippen LogP contribution in [0.3, 0.4) is 0 Å². The molecule has 0 aliphatic rings. The van der Waals surface area contributed by atoms with Gasteiger partial charge in [0.15, 0.2) is 5.82 Å². The minimum absolute atomic E-state index is 0.0598. The number of hydrogen-bond acceptors (Lipinski definition) is 5. The van der Waals surface area contributed by atoms with Gasteiger partial charge in [0.2, 0.25) is 15.9 Å². The van der Waals surface area contributed by atoms with E-state index in [4.69, 9.17) is 16.1 Å². The molecule has 1 aromatic carbocycles. The zero-order valence-corrected chi connectivity index (χ0v) is 11.0. The SMILES string of the molecule is Cc1noc(CNS(=O)(=O)c2cccc(Cl)c2)n1. The summed E-state index contributed by atoms with van der Waals surface area (Å²) in [5.41, 5.74) is 0. The molecule has 6 nitrogen and oxygen atoms in total. The molecule has 2 rings (SSSR count). The molecule has 0 atom stereocenters. The maximum Gasteiger partial charge on any atom is 0.241 e. The average molecular weight is 288 g/mol. The topological polar surface area (TPSA) is 85.1 Å². The summed E-state index contributed by atoms with van der Waals surface area (Å²) in [4.78, 5) is 3.98. The number of nitrogens with one attached hydrogen (secondary N) is 1. The molecule has 0 aliphatic carbocycles. The molecule has 2 aromatic rings. The number of benzene rings is 1. The molecule has 1 heterocycles. The molecule has 0 saturated heterocycles. The third-order valence-corrected chi connectivity index (χ3v) is 3.72. The molecule has 96 valence electrons. The van der Waals surface area contributed by atoms with E-state index >= 15 is 0 Å². The van der Waals surface area contributed by atoms with Crippen molar-refractivity contribution in [2.24, 2.45) is 0 Å². The summed E-state index contributed by atoms with van der Waals surface area (Å²) in [7, 11) is -3.63. The van der Waals surface area contributed by atoms with Crippen LogP contribution in [0.1, 0.15) is 11.7 Å². The number of rotatable bonds is 4. The minimum Gasteiger partial charge on any atom is -0.338 e. The van der Waals surface area contributed by atoms with Crippen molar-refractivity contribution in [3.63, 3.8) is 0 Å². The Morgan fingerprint density at radius 1 is 1.44 bits per heavy atom. The smallest absolute Gasteiger partial charge is 0.241 e. The zero-order chi connectivity index (χ0) is 13.2. The summed E-state index contributed by atoms with van der Waals surface area (Å²) < 4.78 is 31.0. The fraction of sp³-hybridized carbons (Fsp3) is 0.200. The Labute approximate surface area is 109 Å². The molecular weight excluding hydrogens is 278 g/mol. The van der Waals surface area contributed by atoms with Crippen LogP contribution in [-0.2, 0) is 16.6 Å². The van der Waals surface area contributed by atoms with Crippen LogP contribution < -0.4 is 4.72 Å². The van der Waals surface area contributed by atoms with Crippen LogP contribution in [0.15, 0.2) is 33.7 Å². The molecule has 0 bridgehead atoms. The normalized spacial score (nSPS) is 11.7.